The number of hydrogen-bond donors (Lipinski definition) is 2. The number of benzene rings is 1. The molecule has 0 aliphatic rings. The number of carbonyl (C=O) groups excluding carboxylic acids is 1. The standard InChI is InChI=1S/C17H25N5OS/c1-5-10-18-15(23)11-20(3)12-22-17(24)21(4)16(19-22)14-9-7-6-8-13(14)2/h6-9H,5,10-12H2,1-4H3,(H,18,23)/p+1. The Kier molecular flexibility index (Phi) is 6.28. The number of aromatic nitrogens is 3. The number of nitrogens with one attached hydrogen (secondary N) is 2. The lowest BCUT2D eigenvalue weighted by Crippen LogP contribution is -3.09. The van der Waals surface area contributed by atoms with Gasteiger partial charge in [-0.15, -0.1) is 5.10 Å². The summed E-state index contributed by atoms with van der Waals surface area (Å²) in [5.74, 6) is 0.900. The van der Waals surface area contributed by atoms with Gasteiger partial charge in [0.2, 0.25) is 4.77 Å². The first-order valence-corrected chi connectivity index (χ1v) is 8.62. The van der Waals surface area contributed by atoms with Crippen LogP contribution in [0.25, 0.3) is 11.4 Å². The first kappa shape index (κ1) is 18.4. The predicted octanol–water partition coefficient (Wildman–Crippen LogP) is 0.925. The number of aryl methyl sites for hydroxylation is 1. The molecule has 7 heteroatoms. The quantitative estimate of drug-likeness (QED) is 0.732. The number of quaternary nitrogens is 1. The van der Waals surface area contributed by atoms with E-state index < -0.39 is 0 Å². The van der Waals surface area contributed by atoms with Crippen molar-refractivity contribution in [1.82, 2.24) is 19.7 Å². The van der Waals surface area contributed by atoms with Gasteiger partial charge in [0.1, 0.15) is 0 Å². The van der Waals surface area contributed by atoms with Crippen LogP contribution in [0, 0.1) is 11.7 Å². The summed E-state index contributed by atoms with van der Waals surface area (Å²) in [4.78, 5) is 12.9. The van der Waals surface area contributed by atoms with Crippen LogP contribution in [-0.2, 0) is 18.5 Å². The highest BCUT2D eigenvalue weighted by Crippen LogP contribution is 2.20. The van der Waals surface area contributed by atoms with E-state index in [0.29, 0.717) is 24.5 Å². The van der Waals surface area contributed by atoms with Crippen LogP contribution in [0.4, 0.5) is 0 Å². The van der Waals surface area contributed by atoms with Gasteiger partial charge in [-0.2, -0.15) is 4.68 Å². The van der Waals surface area contributed by atoms with Crippen molar-refractivity contribution in [3.8, 4) is 11.4 Å². The summed E-state index contributed by atoms with van der Waals surface area (Å²) >= 11 is 5.51. The molecule has 2 rings (SSSR count). The van der Waals surface area contributed by atoms with Crippen molar-refractivity contribution in [3.63, 3.8) is 0 Å². The molecule has 2 N–H and O–H groups in total. The molecule has 1 unspecified atom stereocenters. The molecule has 1 aromatic heterocycles. The molecule has 24 heavy (non-hydrogen) atoms. The second-order valence-electron chi connectivity index (χ2n) is 6.12. The summed E-state index contributed by atoms with van der Waals surface area (Å²) < 4.78 is 4.36. The van der Waals surface area contributed by atoms with Crippen molar-refractivity contribution in [1.29, 1.82) is 0 Å². The van der Waals surface area contributed by atoms with E-state index >= 15 is 0 Å². The molecule has 0 radical (unpaired) electrons. The lowest BCUT2D eigenvalue weighted by Gasteiger charge is -2.13. The molecule has 0 bridgehead atoms. The van der Waals surface area contributed by atoms with Gasteiger partial charge in [-0.05, 0) is 31.1 Å². The molecule has 6 nitrogen and oxygen atoms in total. The van der Waals surface area contributed by atoms with Gasteiger partial charge in [0.15, 0.2) is 19.0 Å². The molecule has 0 aliphatic heterocycles. The maximum Gasteiger partial charge on any atom is 0.275 e. The molecule has 1 heterocycles. The van der Waals surface area contributed by atoms with Crippen LogP contribution in [-0.4, -0.2) is 40.4 Å². The van der Waals surface area contributed by atoms with Gasteiger partial charge in [0, 0.05) is 19.2 Å². The van der Waals surface area contributed by atoms with Crippen molar-refractivity contribution in [2.45, 2.75) is 26.9 Å². The Balaban J connectivity index is 2.15. The lowest BCUT2D eigenvalue weighted by molar-refractivity contribution is -0.895. The number of carbonyl (C=O) groups is 1. The summed E-state index contributed by atoms with van der Waals surface area (Å²) in [6, 6.07) is 8.12. The van der Waals surface area contributed by atoms with Crippen molar-refractivity contribution in [3.05, 3.63) is 34.6 Å². The van der Waals surface area contributed by atoms with Crippen LogP contribution in [0.1, 0.15) is 18.9 Å². The van der Waals surface area contributed by atoms with Gasteiger partial charge in [-0.3, -0.25) is 4.79 Å². The van der Waals surface area contributed by atoms with Crippen LogP contribution in [0.5, 0.6) is 0 Å². The molecule has 1 atom stereocenters. The van der Waals surface area contributed by atoms with Gasteiger partial charge in [0.25, 0.3) is 5.91 Å². The Hall–Kier alpha value is -1.99. The number of nitrogens with zero attached hydrogens (tertiary/aromatic N) is 3. The normalized spacial score (nSPS) is 12.2. The Morgan fingerprint density at radius 2 is 2.08 bits per heavy atom. The number of likely N-dealkylation sites (N-methyl/N-ethyl adjacent to an activating group) is 1. The third-order valence-electron chi connectivity index (χ3n) is 3.88. The molecule has 0 saturated heterocycles. The van der Waals surface area contributed by atoms with Crippen molar-refractivity contribution >= 4 is 18.1 Å². The zero-order chi connectivity index (χ0) is 17.7. The van der Waals surface area contributed by atoms with Gasteiger partial charge in [0.05, 0.1) is 7.05 Å². The first-order chi connectivity index (χ1) is 11.4. The summed E-state index contributed by atoms with van der Waals surface area (Å²) in [6.07, 6.45) is 0.940. The zero-order valence-electron chi connectivity index (χ0n) is 14.8. The van der Waals surface area contributed by atoms with E-state index in [1.54, 1.807) is 4.68 Å². The smallest absolute Gasteiger partial charge is 0.275 e. The van der Waals surface area contributed by atoms with Crippen LogP contribution in [0.2, 0.25) is 0 Å². The number of hydrogen-bond acceptors (Lipinski definition) is 3. The second-order valence-corrected chi connectivity index (χ2v) is 6.49. The minimum Gasteiger partial charge on any atom is -0.351 e. The van der Waals surface area contributed by atoms with Crippen molar-refractivity contribution in [2.24, 2.45) is 7.05 Å². The number of amides is 1. The summed E-state index contributed by atoms with van der Waals surface area (Å²) in [5, 5.41) is 7.57. The molecule has 2 aromatic rings. The van der Waals surface area contributed by atoms with Gasteiger partial charge in [-0.1, -0.05) is 31.2 Å². The monoisotopic (exact) mass is 348 g/mol. The average molecular weight is 348 g/mol. The molecule has 0 saturated carbocycles. The minimum absolute atomic E-state index is 0.0518. The molecule has 1 amide bonds. The SMILES string of the molecule is CCCNC(=O)C[NH+](C)Cn1nc(-c2ccccc2C)n(C)c1=S. The number of rotatable bonds is 7. The highest BCUT2D eigenvalue weighted by atomic mass is 32.1. The fourth-order valence-corrected chi connectivity index (χ4v) is 2.75. The Labute approximate surface area is 148 Å². The largest absolute Gasteiger partial charge is 0.351 e. The molecule has 130 valence electrons. The van der Waals surface area contributed by atoms with Crippen LogP contribution in [0.3, 0.4) is 0 Å². The minimum atomic E-state index is 0.0518. The molecule has 0 spiro atoms. The molecular weight excluding hydrogens is 322 g/mol. The van der Waals surface area contributed by atoms with Gasteiger partial charge in [-0.25, -0.2) is 0 Å². The first-order valence-electron chi connectivity index (χ1n) is 8.21. The fraction of sp³-hybridized carbons (Fsp3) is 0.471. The maximum atomic E-state index is 11.8. The van der Waals surface area contributed by atoms with E-state index in [4.69, 9.17) is 12.2 Å². The van der Waals surface area contributed by atoms with Crippen LogP contribution >= 0.6 is 12.2 Å². The predicted molar refractivity (Wildman–Crippen MR) is 97.3 cm³/mol. The Morgan fingerprint density at radius 1 is 1.38 bits per heavy atom. The van der Waals surface area contributed by atoms with Crippen molar-refractivity contribution in [2.75, 3.05) is 20.1 Å². The maximum absolute atomic E-state index is 11.8. The average Bonchev–Trinajstić information content (AvgIpc) is 2.81. The third-order valence-corrected chi connectivity index (χ3v) is 4.37. The van der Waals surface area contributed by atoms with E-state index in [2.05, 4.69) is 23.4 Å². The van der Waals surface area contributed by atoms with Gasteiger partial charge < -0.3 is 14.8 Å². The fourth-order valence-electron chi connectivity index (χ4n) is 2.56. The summed E-state index contributed by atoms with van der Waals surface area (Å²) in [6.45, 7) is 5.77. The second kappa shape index (κ2) is 8.21. The Morgan fingerprint density at radius 3 is 2.75 bits per heavy atom. The molecular formula is C17H26N5OS+. The van der Waals surface area contributed by atoms with Crippen molar-refractivity contribution < 1.29 is 9.69 Å². The van der Waals surface area contributed by atoms with Gasteiger partial charge >= 0.3 is 0 Å². The van der Waals surface area contributed by atoms with E-state index in [1.165, 1.54) is 0 Å². The molecule has 1 aromatic carbocycles. The zero-order valence-corrected chi connectivity index (χ0v) is 15.6. The highest BCUT2D eigenvalue weighted by Gasteiger charge is 2.15. The molecule has 0 fully saturated rings. The van der Waals surface area contributed by atoms with E-state index in [0.717, 1.165) is 28.3 Å². The third kappa shape index (κ3) is 4.30. The van der Waals surface area contributed by atoms with Crippen LogP contribution < -0.4 is 10.2 Å². The van der Waals surface area contributed by atoms with E-state index in [1.807, 2.05) is 43.8 Å². The van der Waals surface area contributed by atoms with E-state index in [-0.39, 0.29) is 5.91 Å². The van der Waals surface area contributed by atoms with E-state index in [9.17, 15) is 4.79 Å². The highest BCUT2D eigenvalue weighted by molar-refractivity contribution is 7.71. The Bertz CT molecular complexity index is 765. The lowest BCUT2D eigenvalue weighted by atomic mass is 10.1. The summed E-state index contributed by atoms with van der Waals surface area (Å²) in [7, 11) is 3.90. The topological polar surface area (TPSA) is 56.3 Å². The molecule has 0 aliphatic carbocycles. The van der Waals surface area contributed by atoms with Crippen LogP contribution in [0.15, 0.2) is 24.3 Å². The summed E-state index contributed by atoms with van der Waals surface area (Å²) in [5.41, 5.74) is 2.23.